The number of hydrogen-bond acceptors (Lipinski definition) is 19. The first-order valence-electron chi connectivity index (χ1n) is 40.9. The van der Waals surface area contributed by atoms with E-state index in [1.165, 1.54) is 7.11 Å². The average Bonchev–Trinajstić information content (AvgIpc) is 1.57. The number of rotatable bonds is 15. The quantitative estimate of drug-likeness (QED) is 0.0741. The summed E-state index contributed by atoms with van der Waals surface area (Å²) in [5.41, 5.74) is 36.2. The Kier molecular flexibility index (Phi) is 20.3. The predicted molar refractivity (Wildman–Crippen MR) is 462 cm³/mol. The van der Waals surface area contributed by atoms with Crippen molar-refractivity contribution in [1.82, 2.24) is 83.0 Å². The highest BCUT2D eigenvalue weighted by Crippen LogP contribution is 2.46. The minimum absolute atomic E-state index is 0.0590. The Labute approximate surface area is 682 Å². The van der Waals surface area contributed by atoms with Gasteiger partial charge in [-0.1, -0.05) is 159 Å². The molecule has 592 valence electrons. The molecule has 2 aliphatic heterocycles. The van der Waals surface area contributed by atoms with Gasteiger partial charge in [-0.2, -0.15) is 0 Å². The van der Waals surface area contributed by atoms with Gasteiger partial charge in [-0.3, -0.25) is 27.8 Å². The van der Waals surface area contributed by atoms with Crippen LogP contribution in [0.1, 0.15) is 93.4 Å². The molecule has 118 heavy (non-hydrogen) atoms. The number of ether oxygens (including phenoxy) is 1. The Morgan fingerprint density at radius 1 is 0.432 bits per heavy atom. The van der Waals surface area contributed by atoms with Gasteiger partial charge in [0.15, 0.2) is 0 Å². The van der Waals surface area contributed by atoms with Crippen LogP contribution in [-0.4, -0.2) is 167 Å². The molecule has 21 rings (SSSR count). The average molecular weight is 1570 g/mol. The second-order valence-corrected chi connectivity index (χ2v) is 31.9. The predicted octanol–water partition coefficient (Wildman–Crippen LogP) is 15.9. The highest BCUT2D eigenvalue weighted by Gasteiger charge is 2.42. The van der Waals surface area contributed by atoms with E-state index in [4.69, 9.17) is 56.3 Å². The second kappa shape index (κ2) is 32.1. The molecule has 0 unspecified atom stereocenters. The first-order valence-corrected chi connectivity index (χ1v) is 40.9. The molecule has 10 aromatic heterocycles. The molecule has 2 amide bonds. The number of carbonyl (C=O) groups is 2. The van der Waals surface area contributed by atoms with E-state index in [-0.39, 0.29) is 17.9 Å². The van der Waals surface area contributed by atoms with Gasteiger partial charge in [0.05, 0.1) is 53.5 Å². The molecular weight excluding hydrogens is 1470 g/mol. The van der Waals surface area contributed by atoms with Gasteiger partial charge in [-0.15, -0.1) is 0 Å². The van der Waals surface area contributed by atoms with Crippen molar-refractivity contribution in [3.8, 4) is 67.5 Å². The highest BCUT2D eigenvalue weighted by molar-refractivity contribution is 5.95. The maximum Gasteiger partial charge on any atom is 0.409 e. The molecule has 12 heterocycles. The van der Waals surface area contributed by atoms with E-state index in [2.05, 4.69) is 171 Å². The number of hydrogen-bond donors (Lipinski definition) is 4. The number of fused-ring (bicyclic) bond motifs is 6. The van der Waals surface area contributed by atoms with Crippen molar-refractivity contribution < 1.29 is 18.7 Å². The zero-order valence-corrected chi connectivity index (χ0v) is 66.2. The third-order valence-electron chi connectivity index (χ3n) is 24.4. The molecule has 5 fully saturated rings. The number of nitrogens with two attached hydrogens (primary N) is 3. The zero-order valence-electron chi connectivity index (χ0n) is 66.2. The van der Waals surface area contributed by atoms with Crippen LogP contribution in [0.2, 0.25) is 0 Å². The van der Waals surface area contributed by atoms with Gasteiger partial charge < -0.3 is 41.5 Å². The second-order valence-electron chi connectivity index (χ2n) is 31.9. The van der Waals surface area contributed by atoms with Crippen LogP contribution in [-0.2, 0) is 16.1 Å². The Balaban J connectivity index is 0.000000118. The Morgan fingerprint density at radius 3 is 1.15 bits per heavy atom. The normalized spacial score (nSPS) is 18.9. The number of imidazole rings is 3. The summed E-state index contributed by atoms with van der Waals surface area (Å²) in [5, 5.41) is 6.83. The monoisotopic (exact) mass is 1560 g/mol. The van der Waals surface area contributed by atoms with Gasteiger partial charge in [0.25, 0.3) is 0 Å². The molecule has 3 saturated carbocycles. The molecule has 7 N–H and O–H groups in total. The van der Waals surface area contributed by atoms with Crippen LogP contribution >= 0.6 is 0 Å². The maximum absolute atomic E-state index is 12.4. The van der Waals surface area contributed by atoms with E-state index in [9.17, 15) is 9.59 Å². The van der Waals surface area contributed by atoms with Crippen LogP contribution < -0.4 is 22.5 Å². The van der Waals surface area contributed by atoms with Crippen LogP contribution in [0.3, 0.4) is 0 Å². The molecule has 5 aliphatic rings. The lowest BCUT2D eigenvalue weighted by atomic mass is 9.78. The van der Waals surface area contributed by atoms with E-state index in [0.717, 1.165) is 224 Å². The van der Waals surface area contributed by atoms with Crippen LogP contribution in [0, 0.1) is 5.92 Å². The number of pyridine rings is 3. The summed E-state index contributed by atoms with van der Waals surface area (Å²) in [4.78, 5) is 76.7. The number of benzene rings is 6. The van der Waals surface area contributed by atoms with Crippen molar-refractivity contribution in [3.05, 3.63) is 261 Å². The maximum atomic E-state index is 12.4. The molecule has 0 spiro atoms. The largest absolute Gasteiger partial charge is 0.468 e. The van der Waals surface area contributed by atoms with Gasteiger partial charge in [0.1, 0.15) is 74.3 Å². The Hall–Kier alpha value is -13.3. The van der Waals surface area contributed by atoms with Crippen LogP contribution in [0.15, 0.2) is 242 Å². The standard InChI is InChI=1S/C33H35N7O.C31H31N7O2.C30H26N6O/c1-21(2)33(41)39-16-14-38(15-17-39)26-18-25(19-26)32-37-29(30-31(34)35-12-13-40(30)32)24-9-8-23-10-11-27(36-28(23)20-24)22-6-4-3-5-7-22;1-40-31(39)37-15-13-36(14-16-37)24-17-23(18-24)30-35-27(28-29(32)33-11-12-38(28)30)22-8-7-21-9-10-25(34-26(21)19-22)20-5-3-2-4-6-20;31-29-28-27(21-9-8-20-10-11-25(34-26(20)17-21)19-5-2-1-3-6-19)35-30(36(28)13-12-32-29)22-15-23(16-22)33-18-24-7-4-14-37-24/h3-13,20-21,25-26H,14-19H2,1-2H3,(H2,34,35);2-12,19,23-24H,13-18H2,1H3,(H2,32,33);1-14,17,22-23,33H,15-16,18H2,(H2,31,32). The summed E-state index contributed by atoms with van der Waals surface area (Å²) in [6.07, 6.45) is 18.8. The third-order valence-corrected chi connectivity index (χ3v) is 24.4. The zero-order chi connectivity index (χ0) is 80.1. The molecule has 0 atom stereocenters. The van der Waals surface area contributed by atoms with Gasteiger partial charge in [0, 0.05) is 181 Å². The lowest BCUT2D eigenvalue weighted by Crippen LogP contribution is -2.55. The van der Waals surface area contributed by atoms with E-state index < -0.39 is 0 Å². The molecule has 24 heteroatoms. The van der Waals surface area contributed by atoms with E-state index in [1.807, 2.05) is 104 Å². The van der Waals surface area contributed by atoms with Crippen molar-refractivity contribution in [1.29, 1.82) is 0 Å². The van der Waals surface area contributed by atoms with Crippen molar-refractivity contribution in [3.63, 3.8) is 0 Å². The smallest absolute Gasteiger partial charge is 0.409 e. The van der Waals surface area contributed by atoms with Crippen molar-refractivity contribution in [2.45, 2.75) is 94.8 Å². The lowest BCUT2D eigenvalue weighted by Gasteiger charge is -2.46. The molecule has 0 bridgehead atoms. The van der Waals surface area contributed by atoms with E-state index in [0.29, 0.717) is 66.4 Å². The van der Waals surface area contributed by atoms with Crippen molar-refractivity contribution in [2.24, 2.45) is 5.92 Å². The number of aromatic nitrogens is 12. The van der Waals surface area contributed by atoms with E-state index >= 15 is 0 Å². The number of nitrogens with one attached hydrogen (secondary N) is 1. The first kappa shape index (κ1) is 74.8. The molecular formula is C94H92N20O4. The minimum Gasteiger partial charge on any atom is -0.468 e. The Bertz CT molecular complexity index is 6360. The summed E-state index contributed by atoms with van der Waals surface area (Å²) >= 11 is 0. The number of amides is 2. The number of piperazine rings is 2. The Morgan fingerprint density at radius 2 is 0.797 bits per heavy atom. The fourth-order valence-electron chi connectivity index (χ4n) is 17.7. The van der Waals surface area contributed by atoms with Crippen molar-refractivity contribution >= 4 is 78.7 Å². The molecule has 6 aromatic carbocycles. The van der Waals surface area contributed by atoms with Gasteiger partial charge >= 0.3 is 6.09 Å². The van der Waals surface area contributed by atoms with Crippen LogP contribution in [0.25, 0.3) is 117 Å². The fourth-order valence-corrected chi connectivity index (χ4v) is 17.7. The summed E-state index contributed by atoms with van der Waals surface area (Å²) in [6, 6.07) is 67.5. The summed E-state index contributed by atoms with van der Waals surface area (Å²) in [6.45, 7) is 11.4. The van der Waals surface area contributed by atoms with Gasteiger partial charge in [0.2, 0.25) is 5.91 Å². The number of nitrogen functional groups attached to an aromatic ring is 3. The number of nitrogens with zero attached hydrogens (tertiary/aromatic N) is 16. The third kappa shape index (κ3) is 14.7. The van der Waals surface area contributed by atoms with Crippen LogP contribution in [0.5, 0.6) is 0 Å². The summed E-state index contributed by atoms with van der Waals surface area (Å²) in [5.74, 6) is 6.83. The molecule has 2 saturated heterocycles. The fraction of sp³-hybridized carbons (Fsp3) is 0.266. The summed E-state index contributed by atoms with van der Waals surface area (Å²) < 4.78 is 16.7. The van der Waals surface area contributed by atoms with E-state index in [1.54, 1.807) is 29.8 Å². The number of carbonyl (C=O) groups excluding carboxylic acids is 2. The highest BCUT2D eigenvalue weighted by atomic mass is 16.5. The lowest BCUT2D eigenvalue weighted by molar-refractivity contribution is -0.136. The molecule has 24 nitrogen and oxygen atoms in total. The topological polar surface area (TPSA) is 289 Å². The van der Waals surface area contributed by atoms with Gasteiger partial charge in [-0.05, 0) is 87.1 Å². The van der Waals surface area contributed by atoms with Gasteiger partial charge in [-0.25, -0.2) is 49.7 Å². The minimum atomic E-state index is -0.242. The SMILES string of the molecule is CC(C)C(=O)N1CCN(C2CC(c3nc(-c4ccc5ccc(-c6ccccc6)nc5c4)c4c(N)nccn34)C2)CC1.COC(=O)N1CCN(C2CC(c3nc(-c4ccc5ccc(-c6ccccc6)nc5c4)c4c(N)nccn34)C2)CC1.Nc1nccn2c(C3CC(NCc4ccco4)C3)nc(-c3ccc4ccc(-c5ccccc5)nc4c3)c12. The number of methoxy groups -OCH3 is 1. The number of furan rings is 1. The number of anilines is 3. The first-order chi connectivity index (χ1) is 57.8. The molecule has 0 radical (unpaired) electrons. The summed E-state index contributed by atoms with van der Waals surface area (Å²) in [7, 11) is 1.44. The van der Waals surface area contributed by atoms with Crippen LogP contribution in [0.4, 0.5) is 22.2 Å². The molecule has 16 aromatic rings. The van der Waals surface area contributed by atoms with Crippen molar-refractivity contribution in [2.75, 3.05) is 76.7 Å². The molecule has 3 aliphatic carbocycles.